The van der Waals surface area contributed by atoms with Gasteiger partial charge < -0.3 is 5.32 Å². The van der Waals surface area contributed by atoms with Gasteiger partial charge in [-0.3, -0.25) is 0 Å². The van der Waals surface area contributed by atoms with Gasteiger partial charge in [-0.1, -0.05) is 46.9 Å². The number of benzene rings is 2. The Bertz CT molecular complexity index is 532. The first-order valence-corrected chi connectivity index (χ1v) is 6.32. The highest BCUT2D eigenvalue weighted by atomic mass is 35.5. The fourth-order valence-corrected chi connectivity index (χ4v) is 2.45. The summed E-state index contributed by atoms with van der Waals surface area (Å²) in [6.07, 6.45) is 0. The van der Waals surface area contributed by atoms with Gasteiger partial charge in [-0.05, 0) is 29.8 Å². The summed E-state index contributed by atoms with van der Waals surface area (Å²) in [5.74, 6) is -0.263. The van der Waals surface area contributed by atoms with Crippen molar-refractivity contribution in [2.24, 2.45) is 0 Å². The number of nitrogens with one attached hydrogen (secondary N) is 1. The van der Waals surface area contributed by atoms with Gasteiger partial charge in [0.1, 0.15) is 5.82 Å². The van der Waals surface area contributed by atoms with E-state index in [0.717, 1.165) is 5.56 Å². The molecule has 0 aliphatic heterocycles. The minimum Gasteiger partial charge on any atom is -0.379 e. The van der Waals surface area contributed by atoms with Gasteiger partial charge >= 0.3 is 0 Å². The molecular weight excluding hydrogens is 296 g/mol. The number of hydrogen-bond donors (Lipinski definition) is 1. The van der Waals surface area contributed by atoms with E-state index in [1.165, 1.54) is 12.1 Å². The molecule has 2 rings (SSSR count). The van der Waals surface area contributed by atoms with Gasteiger partial charge in [0.15, 0.2) is 0 Å². The third-order valence-electron chi connectivity index (χ3n) is 2.39. The van der Waals surface area contributed by atoms with E-state index in [1.807, 2.05) is 0 Å². The summed E-state index contributed by atoms with van der Waals surface area (Å²) in [7, 11) is 0. The summed E-state index contributed by atoms with van der Waals surface area (Å²) < 4.78 is 12.7. The lowest BCUT2D eigenvalue weighted by molar-refractivity contribution is 0.627. The Morgan fingerprint density at radius 1 is 0.944 bits per heavy atom. The van der Waals surface area contributed by atoms with Crippen molar-refractivity contribution in [2.75, 3.05) is 5.32 Å². The Hall–Kier alpha value is -0.960. The molecule has 2 aromatic carbocycles. The first-order valence-electron chi connectivity index (χ1n) is 5.19. The largest absolute Gasteiger partial charge is 0.379 e. The van der Waals surface area contributed by atoms with Crippen LogP contribution in [0.15, 0.2) is 36.4 Å². The van der Waals surface area contributed by atoms with Crippen molar-refractivity contribution >= 4 is 40.5 Å². The third-order valence-corrected chi connectivity index (χ3v) is 3.20. The van der Waals surface area contributed by atoms with Crippen LogP contribution in [0.5, 0.6) is 0 Å². The minimum absolute atomic E-state index is 0.263. The first kappa shape index (κ1) is 13.5. The van der Waals surface area contributed by atoms with E-state index in [4.69, 9.17) is 34.8 Å². The molecule has 0 aliphatic carbocycles. The van der Waals surface area contributed by atoms with Crippen LogP contribution in [0.25, 0.3) is 0 Å². The summed E-state index contributed by atoms with van der Waals surface area (Å²) in [4.78, 5) is 0. The zero-order valence-electron chi connectivity index (χ0n) is 9.18. The maximum Gasteiger partial charge on any atom is 0.123 e. The number of hydrogen-bond acceptors (Lipinski definition) is 1. The van der Waals surface area contributed by atoms with Gasteiger partial charge in [-0.15, -0.1) is 0 Å². The van der Waals surface area contributed by atoms with Gasteiger partial charge in [-0.25, -0.2) is 4.39 Å². The molecule has 0 spiro atoms. The van der Waals surface area contributed by atoms with Crippen molar-refractivity contribution < 1.29 is 4.39 Å². The summed E-state index contributed by atoms with van der Waals surface area (Å²) in [6.45, 7) is 0.501. The number of anilines is 1. The molecule has 0 heterocycles. The summed E-state index contributed by atoms with van der Waals surface area (Å²) >= 11 is 17.9. The average molecular weight is 305 g/mol. The summed E-state index contributed by atoms with van der Waals surface area (Å²) in [5, 5.41) is 4.49. The molecule has 0 bridgehead atoms. The molecule has 0 unspecified atom stereocenters. The van der Waals surface area contributed by atoms with E-state index in [9.17, 15) is 4.39 Å². The van der Waals surface area contributed by atoms with E-state index >= 15 is 0 Å². The van der Waals surface area contributed by atoms with Crippen LogP contribution in [0, 0.1) is 5.82 Å². The quantitative estimate of drug-likeness (QED) is 0.800. The summed E-state index contributed by atoms with van der Waals surface area (Å²) in [6, 6.07) is 9.42. The Morgan fingerprint density at radius 3 is 2.06 bits per heavy atom. The first-order chi connectivity index (χ1) is 8.56. The fourth-order valence-electron chi connectivity index (χ4n) is 1.50. The zero-order chi connectivity index (χ0) is 13.1. The highest BCUT2D eigenvalue weighted by Gasteiger charge is 2.07. The van der Waals surface area contributed by atoms with Gasteiger partial charge in [-0.2, -0.15) is 0 Å². The molecule has 0 fully saturated rings. The Labute approximate surface area is 119 Å². The number of rotatable bonds is 3. The zero-order valence-corrected chi connectivity index (χ0v) is 11.5. The highest BCUT2D eigenvalue weighted by Crippen LogP contribution is 2.33. The highest BCUT2D eigenvalue weighted by molar-refractivity contribution is 6.41. The second-order valence-corrected chi connectivity index (χ2v) is 4.98. The van der Waals surface area contributed by atoms with Crippen LogP contribution in [0.2, 0.25) is 15.1 Å². The van der Waals surface area contributed by atoms with Crippen molar-refractivity contribution in [2.45, 2.75) is 6.54 Å². The number of halogens is 4. The van der Waals surface area contributed by atoms with E-state index in [1.54, 1.807) is 24.3 Å². The van der Waals surface area contributed by atoms with E-state index in [0.29, 0.717) is 27.3 Å². The topological polar surface area (TPSA) is 12.0 Å². The summed E-state index contributed by atoms with van der Waals surface area (Å²) in [5.41, 5.74) is 1.55. The van der Waals surface area contributed by atoms with Crippen LogP contribution in [-0.4, -0.2) is 0 Å². The molecule has 18 heavy (non-hydrogen) atoms. The molecule has 0 radical (unpaired) electrons. The van der Waals surface area contributed by atoms with Crippen molar-refractivity contribution in [1.82, 2.24) is 0 Å². The fraction of sp³-hybridized carbons (Fsp3) is 0.0769. The Balaban J connectivity index is 2.13. The van der Waals surface area contributed by atoms with E-state index < -0.39 is 0 Å². The molecular formula is C13H9Cl3FN. The minimum atomic E-state index is -0.263. The van der Waals surface area contributed by atoms with Gasteiger partial charge in [0.05, 0.1) is 15.7 Å². The second kappa shape index (κ2) is 5.79. The maximum absolute atomic E-state index is 12.7. The van der Waals surface area contributed by atoms with Crippen molar-refractivity contribution in [3.8, 4) is 0 Å². The van der Waals surface area contributed by atoms with Crippen LogP contribution < -0.4 is 5.32 Å². The van der Waals surface area contributed by atoms with E-state index in [2.05, 4.69) is 5.32 Å². The van der Waals surface area contributed by atoms with Crippen LogP contribution in [0.4, 0.5) is 10.1 Å². The molecule has 0 aromatic heterocycles. The lowest BCUT2D eigenvalue weighted by Crippen LogP contribution is -2.00. The predicted molar refractivity (Wildman–Crippen MR) is 75.2 cm³/mol. The molecule has 94 valence electrons. The average Bonchev–Trinajstić information content (AvgIpc) is 2.30. The monoisotopic (exact) mass is 303 g/mol. The van der Waals surface area contributed by atoms with E-state index in [-0.39, 0.29) is 5.82 Å². The van der Waals surface area contributed by atoms with Crippen LogP contribution >= 0.6 is 34.8 Å². The van der Waals surface area contributed by atoms with Gasteiger partial charge in [0.2, 0.25) is 0 Å². The molecule has 2 aromatic rings. The second-order valence-electron chi connectivity index (χ2n) is 3.72. The van der Waals surface area contributed by atoms with Crippen molar-refractivity contribution in [3.05, 3.63) is 62.8 Å². The molecule has 0 saturated heterocycles. The standard InChI is InChI=1S/C13H9Cl3FN/c14-9-5-11(15)13(12(16)6-9)18-7-8-1-3-10(17)4-2-8/h1-6,18H,7H2. The lowest BCUT2D eigenvalue weighted by atomic mass is 10.2. The predicted octanol–water partition coefficient (Wildman–Crippen LogP) is 5.40. The van der Waals surface area contributed by atoms with Gasteiger partial charge in [0.25, 0.3) is 0 Å². The Morgan fingerprint density at radius 2 is 1.50 bits per heavy atom. The molecule has 0 saturated carbocycles. The lowest BCUT2D eigenvalue weighted by Gasteiger charge is -2.11. The molecule has 5 heteroatoms. The molecule has 1 N–H and O–H groups in total. The van der Waals surface area contributed by atoms with Crippen molar-refractivity contribution in [3.63, 3.8) is 0 Å². The molecule has 0 aliphatic rings. The van der Waals surface area contributed by atoms with Crippen LogP contribution in [0.3, 0.4) is 0 Å². The SMILES string of the molecule is Fc1ccc(CNc2c(Cl)cc(Cl)cc2Cl)cc1. The smallest absolute Gasteiger partial charge is 0.123 e. The van der Waals surface area contributed by atoms with Crippen LogP contribution in [-0.2, 0) is 6.54 Å². The Kier molecular flexibility index (Phi) is 4.33. The van der Waals surface area contributed by atoms with Crippen LogP contribution in [0.1, 0.15) is 5.56 Å². The van der Waals surface area contributed by atoms with Crippen molar-refractivity contribution in [1.29, 1.82) is 0 Å². The van der Waals surface area contributed by atoms with Gasteiger partial charge in [0, 0.05) is 11.6 Å². The third kappa shape index (κ3) is 3.29. The molecule has 1 nitrogen and oxygen atoms in total. The molecule has 0 atom stereocenters. The normalized spacial score (nSPS) is 10.4. The molecule has 0 amide bonds. The maximum atomic E-state index is 12.7.